The largest absolute Gasteiger partial charge is 0.481 e. The Bertz CT molecular complexity index is 665. The van der Waals surface area contributed by atoms with E-state index >= 15 is 0 Å². The van der Waals surface area contributed by atoms with E-state index in [0.717, 1.165) is 19.3 Å². The lowest BCUT2D eigenvalue weighted by atomic mass is 9.81. The monoisotopic (exact) mass is 313 g/mol. The first-order valence-electron chi connectivity index (χ1n) is 7.73. The zero-order chi connectivity index (χ0) is 16.4. The molecule has 0 radical (unpaired) electrons. The first-order valence-corrected chi connectivity index (χ1v) is 7.73. The van der Waals surface area contributed by atoms with E-state index in [4.69, 9.17) is 6.42 Å². The standard InChI is InChI=1S/C17H19N3O3/c1-2-8-18-15(21)12-5-6-14(19-9-12)20-10-13-4-3-7-17(13,11-20)16(22)23/h1,5-6,9,13H,3-4,7-8,10-11H2,(H,18,21)(H,22,23)/t13-,17+/m0/s1. The first kappa shape index (κ1) is 15.3. The Balaban J connectivity index is 1.73. The fourth-order valence-corrected chi connectivity index (χ4v) is 3.75. The molecule has 0 aromatic carbocycles. The SMILES string of the molecule is C#CCNC(=O)c1ccc(N2C[C@@H]3CCC[C@@]3(C(=O)O)C2)nc1. The molecule has 1 aromatic heterocycles. The number of pyridine rings is 1. The van der Waals surface area contributed by atoms with E-state index in [1.165, 1.54) is 6.20 Å². The maximum atomic E-state index is 11.8. The van der Waals surface area contributed by atoms with Crippen LogP contribution in [0.15, 0.2) is 18.3 Å². The van der Waals surface area contributed by atoms with Gasteiger partial charge in [-0.1, -0.05) is 12.3 Å². The van der Waals surface area contributed by atoms with Crippen molar-refractivity contribution in [2.24, 2.45) is 11.3 Å². The van der Waals surface area contributed by atoms with E-state index in [2.05, 4.69) is 16.2 Å². The van der Waals surface area contributed by atoms with Crippen molar-refractivity contribution in [3.63, 3.8) is 0 Å². The van der Waals surface area contributed by atoms with E-state index < -0.39 is 11.4 Å². The zero-order valence-corrected chi connectivity index (χ0v) is 12.8. The van der Waals surface area contributed by atoms with Gasteiger partial charge in [0.1, 0.15) is 5.82 Å². The molecule has 2 aliphatic rings. The molecule has 3 rings (SSSR count). The van der Waals surface area contributed by atoms with Gasteiger partial charge >= 0.3 is 5.97 Å². The molecule has 1 aliphatic heterocycles. The maximum Gasteiger partial charge on any atom is 0.311 e. The average Bonchev–Trinajstić information content (AvgIpc) is 3.11. The number of aliphatic carboxylic acids is 1. The fourth-order valence-electron chi connectivity index (χ4n) is 3.75. The van der Waals surface area contributed by atoms with Crippen molar-refractivity contribution in [3.8, 4) is 12.3 Å². The number of carbonyl (C=O) groups is 2. The van der Waals surface area contributed by atoms with Gasteiger partial charge in [0.05, 0.1) is 17.5 Å². The molecule has 2 heterocycles. The third kappa shape index (κ3) is 2.63. The van der Waals surface area contributed by atoms with Crippen molar-refractivity contribution in [1.82, 2.24) is 10.3 Å². The van der Waals surface area contributed by atoms with Gasteiger partial charge < -0.3 is 15.3 Å². The molecule has 1 saturated carbocycles. The Kier molecular flexibility index (Phi) is 3.95. The first-order chi connectivity index (χ1) is 11.1. The summed E-state index contributed by atoms with van der Waals surface area (Å²) in [5, 5.41) is 12.2. The number of hydrogen-bond donors (Lipinski definition) is 2. The van der Waals surface area contributed by atoms with Crippen LogP contribution in [0.3, 0.4) is 0 Å². The molecule has 1 amide bonds. The highest BCUT2D eigenvalue weighted by atomic mass is 16.4. The summed E-state index contributed by atoms with van der Waals surface area (Å²) < 4.78 is 0. The van der Waals surface area contributed by atoms with Gasteiger partial charge in [-0.3, -0.25) is 9.59 Å². The molecule has 0 spiro atoms. The third-order valence-corrected chi connectivity index (χ3v) is 4.98. The maximum absolute atomic E-state index is 11.8. The molecular formula is C17H19N3O3. The van der Waals surface area contributed by atoms with E-state index in [0.29, 0.717) is 24.5 Å². The molecule has 0 bridgehead atoms. The van der Waals surface area contributed by atoms with Crippen LogP contribution < -0.4 is 10.2 Å². The van der Waals surface area contributed by atoms with Crippen molar-refractivity contribution in [3.05, 3.63) is 23.9 Å². The van der Waals surface area contributed by atoms with Crippen molar-refractivity contribution >= 4 is 17.7 Å². The lowest BCUT2D eigenvalue weighted by molar-refractivity contribution is -0.149. The van der Waals surface area contributed by atoms with E-state index in [1.54, 1.807) is 12.1 Å². The number of anilines is 1. The number of rotatable bonds is 4. The van der Waals surface area contributed by atoms with Crippen molar-refractivity contribution < 1.29 is 14.7 Å². The quantitative estimate of drug-likeness (QED) is 0.815. The Morgan fingerprint density at radius 2 is 2.35 bits per heavy atom. The lowest BCUT2D eigenvalue weighted by Gasteiger charge is -2.23. The molecular weight excluding hydrogens is 294 g/mol. The van der Waals surface area contributed by atoms with Crippen LogP contribution in [0.2, 0.25) is 0 Å². The Morgan fingerprint density at radius 3 is 2.96 bits per heavy atom. The number of aromatic nitrogens is 1. The minimum atomic E-state index is -0.701. The molecule has 1 saturated heterocycles. The van der Waals surface area contributed by atoms with Crippen molar-refractivity contribution in [1.29, 1.82) is 0 Å². The molecule has 2 atom stereocenters. The molecule has 1 aliphatic carbocycles. The van der Waals surface area contributed by atoms with E-state index in [9.17, 15) is 14.7 Å². The molecule has 120 valence electrons. The summed E-state index contributed by atoms with van der Waals surface area (Å²) in [6.45, 7) is 1.38. The second-order valence-corrected chi connectivity index (χ2v) is 6.22. The summed E-state index contributed by atoms with van der Waals surface area (Å²) in [4.78, 5) is 29.9. The summed E-state index contributed by atoms with van der Waals surface area (Å²) in [7, 11) is 0. The zero-order valence-electron chi connectivity index (χ0n) is 12.8. The van der Waals surface area contributed by atoms with Crippen molar-refractivity contribution in [2.75, 3.05) is 24.5 Å². The van der Waals surface area contributed by atoms with Crippen LogP contribution >= 0.6 is 0 Å². The average molecular weight is 313 g/mol. The van der Waals surface area contributed by atoms with Gasteiger partial charge in [-0.25, -0.2) is 4.98 Å². The van der Waals surface area contributed by atoms with Gasteiger partial charge in [0, 0.05) is 19.3 Å². The lowest BCUT2D eigenvalue weighted by Crippen LogP contribution is -2.35. The number of amides is 1. The number of nitrogens with one attached hydrogen (secondary N) is 1. The van der Waals surface area contributed by atoms with E-state index in [1.807, 2.05) is 4.90 Å². The fraction of sp³-hybridized carbons (Fsp3) is 0.471. The van der Waals surface area contributed by atoms with Crippen LogP contribution in [0, 0.1) is 23.7 Å². The number of carboxylic acids is 1. The van der Waals surface area contributed by atoms with Crippen LogP contribution in [-0.2, 0) is 4.79 Å². The number of terminal acetylenes is 1. The molecule has 2 N–H and O–H groups in total. The topological polar surface area (TPSA) is 82.5 Å². The summed E-state index contributed by atoms with van der Waals surface area (Å²) >= 11 is 0. The van der Waals surface area contributed by atoms with Crippen LogP contribution in [0.4, 0.5) is 5.82 Å². The van der Waals surface area contributed by atoms with Crippen LogP contribution in [0.5, 0.6) is 0 Å². The smallest absolute Gasteiger partial charge is 0.311 e. The number of fused-ring (bicyclic) bond motifs is 1. The Hall–Kier alpha value is -2.55. The van der Waals surface area contributed by atoms with E-state index in [-0.39, 0.29) is 18.4 Å². The van der Waals surface area contributed by atoms with Crippen LogP contribution in [0.1, 0.15) is 29.6 Å². The van der Waals surface area contributed by atoms with Gasteiger partial charge in [0.15, 0.2) is 0 Å². The molecule has 6 nitrogen and oxygen atoms in total. The number of carbonyl (C=O) groups excluding carboxylic acids is 1. The van der Waals surface area contributed by atoms with Gasteiger partial charge in [0.25, 0.3) is 5.91 Å². The van der Waals surface area contributed by atoms with Gasteiger partial charge in [-0.05, 0) is 30.9 Å². The Morgan fingerprint density at radius 1 is 1.52 bits per heavy atom. The van der Waals surface area contributed by atoms with Crippen molar-refractivity contribution in [2.45, 2.75) is 19.3 Å². The van der Waals surface area contributed by atoms with Gasteiger partial charge in [-0.2, -0.15) is 0 Å². The summed E-state index contributed by atoms with van der Waals surface area (Å²) in [5.74, 6) is 2.28. The predicted molar refractivity (Wildman–Crippen MR) is 85.0 cm³/mol. The highest BCUT2D eigenvalue weighted by molar-refractivity contribution is 5.94. The normalized spacial score (nSPS) is 25.7. The number of carboxylic acid groups (broad SMARTS) is 1. The Labute approximate surface area is 134 Å². The molecule has 23 heavy (non-hydrogen) atoms. The molecule has 0 unspecified atom stereocenters. The minimum absolute atomic E-state index is 0.176. The molecule has 6 heteroatoms. The second-order valence-electron chi connectivity index (χ2n) is 6.22. The summed E-state index contributed by atoms with van der Waals surface area (Å²) in [6, 6.07) is 3.46. The highest BCUT2D eigenvalue weighted by Gasteiger charge is 2.55. The van der Waals surface area contributed by atoms with Gasteiger partial charge in [-0.15, -0.1) is 6.42 Å². The molecule has 2 fully saturated rings. The van der Waals surface area contributed by atoms with Crippen LogP contribution in [-0.4, -0.2) is 41.6 Å². The van der Waals surface area contributed by atoms with Gasteiger partial charge in [0.2, 0.25) is 0 Å². The second kappa shape index (κ2) is 5.92. The van der Waals surface area contributed by atoms with Crippen LogP contribution in [0.25, 0.3) is 0 Å². The highest BCUT2D eigenvalue weighted by Crippen LogP contribution is 2.49. The number of hydrogen-bond acceptors (Lipinski definition) is 4. The minimum Gasteiger partial charge on any atom is -0.481 e. The molecule has 1 aromatic rings. The summed E-state index contributed by atoms with van der Waals surface area (Å²) in [5.41, 5.74) is -0.193. The predicted octanol–water partition coefficient (Wildman–Crippen LogP) is 1.14. The summed E-state index contributed by atoms with van der Waals surface area (Å²) in [6.07, 6.45) is 9.28. The third-order valence-electron chi connectivity index (χ3n) is 4.98. The number of nitrogens with zero attached hydrogens (tertiary/aromatic N) is 2.